The van der Waals surface area contributed by atoms with Gasteiger partial charge in [-0.15, -0.1) is 21.5 Å². The third kappa shape index (κ3) is 4.51. The van der Waals surface area contributed by atoms with E-state index in [2.05, 4.69) is 43.2 Å². The zero-order chi connectivity index (χ0) is 13.9. The normalized spacial score (nSPS) is 24.0. The lowest BCUT2D eigenvalue weighted by molar-refractivity contribution is 0.118. The van der Waals surface area contributed by atoms with E-state index in [1.54, 1.807) is 11.3 Å². The predicted octanol–water partition coefficient (Wildman–Crippen LogP) is 2.75. The van der Waals surface area contributed by atoms with E-state index >= 15 is 0 Å². The van der Waals surface area contributed by atoms with Gasteiger partial charge < -0.3 is 10.1 Å². The minimum absolute atomic E-state index is 0.197. The first kappa shape index (κ1) is 14.9. The van der Waals surface area contributed by atoms with Crippen LogP contribution in [0.5, 0.6) is 0 Å². The molecule has 1 aliphatic heterocycles. The molecule has 2 rings (SSSR count). The van der Waals surface area contributed by atoms with Crippen molar-refractivity contribution in [1.29, 1.82) is 0 Å². The SMILES string of the molecule is CC1OCCC1c1nnc(CCCNC(C)(C)C)s1. The van der Waals surface area contributed by atoms with Gasteiger partial charge in [0.05, 0.1) is 6.10 Å². The Morgan fingerprint density at radius 2 is 2.16 bits per heavy atom. The van der Waals surface area contributed by atoms with E-state index < -0.39 is 0 Å². The number of nitrogens with one attached hydrogen (secondary N) is 1. The molecule has 0 saturated carbocycles. The Kier molecular flexibility index (Phi) is 4.92. The lowest BCUT2D eigenvalue weighted by Gasteiger charge is -2.20. The molecule has 1 N–H and O–H groups in total. The van der Waals surface area contributed by atoms with Crippen molar-refractivity contribution in [2.45, 2.75) is 64.5 Å². The molecule has 0 spiro atoms. The summed E-state index contributed by atoms with van der Waals surface area (Å²) in [6.07, 6.45) is 3.51. The van der Waals surface area contributed by atoms with Gasteiger partial charge in [-0.2, -0.15) is 0 Å². The summed E-state index contributed by atoms with van der Waals surface area (Å²) in [4.78, 5) is 0. The van der Waals surface area contributed by atoms with E-state index in [9.17, 15) is 0 Å². The summed E-state index contributed by atoms with van der Waals surface area (Å²) < 4.78 is 5.59. The molecule has 0 radical (unpaired) electrons. The van der Waals surface area contributed by atoms with Gasteiger partial charge in [-0.3, -0.25) is 0 Å². The van der Waals surface area contributed by atoms with Gasteiger partial charge in [0.15, 0.2) is 0 Å². The minimum atomic E-state index is 0.197. The molecule has 1 aliphatic rings. The molecular formula is C14H25N3OS. The van der Waals surface area contributed by atoms with E-state index in [1.807, 2.05) is 0 Å². The van der Waals surface area contributed by atoms with Crippen LogP contribution in [-0.2, 0) is 11.2 Å². The van der Waals surface area contributed by atoms with Crippen molar-refractivity contribution in [2.75, 3.05) is 13.2 Å². The van der Waals surface area contributed by atoms with Crippen LogP contribution in [0.2, 0.25) is 0 Å². The van der Waals surface area contributed by atoms with Gasteiger partial charge in [-0.25, -0.2) is 0 Å². The Labute approximate surface area is 120 Å². The van der Waals surface area contributed by atoms with Gasteiger partial charge in [-0.05, 0) is 47.1 Å². The van der Waals surface area contributed by atoms with Crippen LogP contribution in [0.4, 0.5) is 0 Å². The Morgan fingerprint density at radius 3 is 2.79 bits per heavy atom. The fraction of sp³-hybridized carbons (Fsp3) is 0.857. The number of nitrogens with zero attached hydrogens (tertiary/aromatic N) is 2. The first-order chi connectivity index (χ1) is 8.96. The average molecular weight is 283 g/mol. The minimum Gasteiger partial charge on any atom is -0.378 e. The predicted molar refractivity (Wildman–Crippen MR) is 78.8 cm³/mol. The van der Waals surface area contributed by atoms with Gasteiger partial charge in [0.25, 0.3) is 0 Å². The molecule has 0 bridgehead atoms. The number of aryl methyl sites for hydroxylation is 1. The molecule has 1 saturated heterocycles. The second-order valence-electron chi connectivity index (χ2n) is 6.29. The largest absolute Gasteiger partial charge is 0.378 e. The van der Waals surface area contributed by atoms with Crippen molar-refractivity contribution < 1.29 is 4.74 Å². The van der Waals surface area contributed by atoms with Gasteiger partial charge in [0.2, 0.25) is 0 Å². The summed E-state index contributed by atoms with van der Waals surface area (Å²) in [6.45, 7) is 10.6. The monoisotopic (exact) mass is 283 g/mol. The third-order valence-electron chi connectivity index (χ3n) is 3.40. The maximum Gasteiger partial charge on any atom is 0.123 e. The zero-order valence-electron chi connectivity index (χ0n) is 12.4. The van der Waals surface area contributed by atoms with Crippen LogP contribution in [0.3, 0.4) is 0 Å². The molecule has 108 valence electrons. The first-order valence-electron chi connectivity index (χ1n) is 7.14. The highest BCUT2D eigenvalue weighted by atomic mass is 32.1. The van der Waals surface area contributed by atoms with Crippen LogP contribution >= 0.6 is 11.3 Å². The van der Waals surface area contributed by atoms with Crippen LogP contribution in [-0.4, -0.2) is 35.0 Å². The molecule has 1 fully saturated rings. The molecule has 0 amide bonds. The van der Waals surface area contributed by atoms with Crippen molar-refractivity contribution in [3.05, 3.63) is 10.0 Å². The first-order valence-corrected chi connectivity index (χ1v) is 7.96. The fourth-order valence-electron chi connectivity index (χ4n) is 2.28. The van der Waals surface area contributed by atoms with E-state index in [0.717, 1.165) is 42.4 Å². The van der Waals surface area contributed by atoms with Gasteiger partial charge in [0.1, 0.15) is 10.0 Å². The molecule has 0 aromatic carbocycles. The lowest BCUT2D eigenvalue weighted by atomic mass is 10.0. The number of aromatic nitrogens is 2. The third-order valence-corrected chi connectivity index (χ3v) is 4.51. The topological polar surface area (TPSA) is 47.0 Å². The summed E-state index contributed by atoms with van der Waals surface area (Å²) in [5, 5.41) is 14.5. The van der Waals surface area contributed by atoms with Gasteiger partial charge in [-0.1, -0.05) is 0 Å². The van der Waals surface area contributed by atoms with Crippen molar-refractivity contribution in [1.82, 2.24) is 15.5 Å². The highest BCUT2D eigenvalue weighted by molar-refractivity contribution is 7.11. The van der Waals surface area contributed by atoms with Crippen molar-refractivity contribution in [3.63, 3.8) is 0 Å². The number of hydrogen-bond acceptors (Lipinski definition) is 5. The number of hydrogen-bond donors (Lipinski definition) is 1. The molecule has 2 heterocycles. The smallest absolute Gasteiger partial charge is 0.123 e. The second kappa shape index (κ2) is 6.29. The van der Waals surface area contributed by atoms with Crippen LogP contribution in [0.25, 0.3) is 0 Å². The average Bonchev–Trinajstić information content (AvgIpc) is 2.91. The zero-order valence-corrected chi connectivity index (χ0v) is 13.2. The lowest BCUT2D eigenvalue weighted by Crippen LogP contribution is -2.36. The molecule has 19 heavy (non-hydrogen) atoms. The maximum absolute atomic E-state index is 5.59. The highest BCUT2D eigenvalue weighted by Gasteiger charge is 2.28. The summed E-state index contributed by atoms with van der Waals surface area (Å²) in [7, 11) is 0. The molecule has 1 aromatic rings. The Morgan fingerprint density at radius 1 is 1.37 bits per heavy atom. The Hall–Kier alpha value is -0.520. The van der Waals surface area contributed by atoms with E-state index in [0.29, 0.717) is 12.0 Å². The van der Waals surface area contributed by atoms with Crippen molar-refractivity contribution in [2.24, 2.45) is 0 Å². The number of rotatable bonds is 5. The Bertz CT molecular complexity index is 400. The maximum atomic E-state index is 5.59. The molecule has 0 aliphatic carbocycles. The fourth-order valence-corrected chi connectivity index (χ4v) is 3.39. The van der Waals surface area contributed by atoms with E-state index in [1.165, 1.54) is 0 Å². The van der Waals surface area contributed by atoms with Crippen molar-refractivity contribution >= 4 is 11.3 Å². The summed E-state index contributed by atoms with van der Waals surface area (Å²) in [5.41, 5.74) is 0.197. The van der Waals surface area contributed by atoms with Crippen LogP contribution in [0, 0.1) is 0 Å². The van der Waals surface area contributed by atoms with Gasteiger partial charge >= 0.3 is 0 Å². The molecule has 2 unspecified atom stereocenters. The van der Waals surface area contributed by atoms with Crippen LogP contribution in [0.1, 0.15) is 56.5 Å². The molecule has 4 nitrogen and oxygen atoms in total. The number of ether oxygens (including phenoxy) is 1. The van der Waals surface area contributed by atoms with Crippen LogP contribution in [0.15, 0.2) is 0 Å². The molecule has 1 aromatic heterocycles. The van der Waals surface area contributed by atoms with Crippen LogP contribution < -0.4 is 5.32 Å². The summed E-state index contributed by atoms with van der Waals surface area (Å²) in [5.74, 6) is 0.457. The quantitative estimate of drug-likeness (QED) is 0.844. The van der Waals surface area contributed by atoms with E-state index in [-0.39, 0.29) is 5.54 Å². The van der Waals surface area contributed by atoms with E-state index in [4.69, 9.17) is 4.74 Å². The highest BCUT2D eigenvalue weighted by Crippen LogP contribution is 2.32. The molecular weight excluding hydrogens is 258 g/mol. The second-order valence-corrected chi connectivity index (χ2v) is 7.38. The molecule has 2 atom stereocenters. The standard InChI is InChI=1S/C14H25N3OS/c1-10-11(7-9-18-10)13-17-16-12(19-13)6-5-8-15-14(2,3)4/h10-11,15H,5-9H2,1-4H3. The van der Waals surface area contributed by atoms with Gasteiger partial charge in [0, 0.05) is 24.5 Å². The Balaban J connectivity index is 1.78. The summed E-state index contributed by atoms with van der Waals surface area (Å²) >= 11 is 1.76. The summed E-state index contributed by atoms with van der Waals surface area (Å²) in [6, 6.07) is 0. The molecule has 5 heteroatoms. The van der Waals surface area contributed by atoms with Crippen molar-refractivity contribution in [3.8, 4) is 0 Å².